The molecular formula is C15H30N2O3. The summed E-state index contributed by atoms with van der Waals surface area (Å²) in [4.78, 5) is 11.7. The highest BCUT2D eigenvalue weighted by atomic mass is 16.5. The van der Waals surface area contributed by atoms with Gasteiger partial charge in [-0.1, -0.05) is 6.42 Å². The fourth-order valence-corrected chi connectivity index (χ4v) is 2.99. The summed E-state index contributed by atoms with van der Waals surface area (Å²) in [6, 6.07) is 0. The maximum absolute atomic E-state index is 11.7. The van der Waals surface area contributed by atoms with Crippen LogP contribution >= 0.6 is 0 Å². The molecule has 2 unspecified atom stereocenters. The lowest BCUT2D eigenvalue weighted by molar-refractivity contribution is -0.125. The first kappa shape index (κ1) is 17.4. The van der Waals surface area contributed by atoms with Crippen molar-refractivity contribution in [1.82, 2.24) is 5.32 Å². The Hall–Kier alpha value is -0.650. The number of amides is 1. The molecule has 0 aromatic rings. The van der Waals surface area contributed by atoms with E-state index >= 15 is 0 Å². The SMILES string of the molecule is CNC1(C(N)=O)CCCC1CCOCCC(C)(C)OC. The summed E-state index contributed by atoms with van der Waals surface area (Å²) >= 11 is 0. The molecule has 0 bridgehead atoms. The first-order valence-electron chi connectivity index (χ1n) is 7.49. The van der Waals surface area contributed by atoms with Crippen LogP contribution in [-0.4, -0.2) is 44.4 Å². The van der Waals surface area contributed by atoms with Gasteiger partial charge in [-0.3, -0.25) is 4.79 Å². The van der Waals surface area contributed by atoms with Crippen molar-refractivity contribution in [2.75, 3.05) is 27.4 Å². The smallest absolute Gasteiger partial charge is 0.238 e. The number of hydrogen-bond donors (Lipinski definition) is 2. The highest BCUT2D eigenvalue weighted by Gasteiger charge is 2.46. The van der Waals surface area contributed by atoms with Crippen LogP contribution in [0.5, 0.6) is 0 Å². The van der Waals surface area contributed by atoms with Gasteiger partial charge in [-0.05, 0) is 52.5 Å². The molecule has 0 heterocycles. The van der Waals surface area contributed by atoms with Gasteiger partial charge in [0.1, 0.15) is 5.54 Å². The van der Waals surface area contributed by atoms with Crippen LogP contribution in [0.25, 0.3) is 0 Å². The van der Waals surface area contributed by atoms with Crippen molar-refractivity contribution >= 4 is 5.91 Å². The molecule has 5 nitrogen and oxygen atoms in total. The van der Waals surface area contributed by atoms with Crippen molar-refractivity contribution in [3.05, 3.63) is 0 Å². The van der Waals surface area contributed by atoms with Crippen molar-refractivity contribution in [3.8, 4) is 0 Å². The molecule has 3 N–H and O–H groups in total. The van der Waals surface area contributed by atoms with E-state index in [-0.39, 0.29) is 17.4 Å². The lowest BCUT2D eigenvalue weighted by atomic mass is 9.84. The monoisotopic (exact) mass is 286 g/mol. The molecule has 2 atom stereocenters. The maximum atomic E-state index is 11.7. The van der Waals surface area contributed by atoms with Gasteiger partial charge in [-0.2, -0.15) is 0 Å². The Labute approximate surface area is 122 Å². The van der Waals surface area contributed by atoms with Crippen LogP contribution in [0, 0.1) is 5.92 Å². The van der Waals surface area contributed by atoms with Crippen molar-refractivity contribution < 1.29 is 14.3 Å². The highest BCUT2D eigenvalue weighted by Crippen LogP contribution is 2.37. The number of carbonyl (C=O) groups is 1. The molecule has 1 fully saturated rings. The van der Waals surface area contributed by atoms with Gasteiger partial charge >= 0.3 is 0 Å². The zero-order chi connectivity index (χ0) is 15.2. The molecule has 0 spiro atoms. The molecule has 1 amide bonds. The Morgan fingerprint density at radius 2 is 2.15 bits per heavy atom. The number of primary amides is 1. The minimum absolute atomic E-state index is 0.144. The van der Waals surface area contributed by atoms with E-state index in [0.29, 0.717) is 13.2 Å². The Morgan fingerprint density at radius 3 is 2.70 bits per heavy atom. The number of rotatable bonds is 9. The first-order chi connectivity index (χ1) is 9.38. The predicted molar refractivity (Wildman–Crippen MR) is 79.5 cm³/mol. The fourth-order valence-electron chi connectivity index (χ4n) is 2.99. The van der Waals surface area contributed by atoms with Crippen molar-refractivity contribution in [2.24, 2.45) is 11.7 Å². The second-order valence-corrected chi connectivity index (χ2v) is 6.29. The normalized spacial score (nSPS) is 26.9. The number of hydrogen-bond acceptors (Lipinski definition) is 4. The molecule has 1 aliphatic carbocycles. The number of methoxy groups -OCH3 is 1. The molecule has 0 aromatic heterocycles. The number of ether oxygens (including phenoxy) is 2. The first-order valence-corrected chi connectivity index (χ1v) is 7.49. The van der Waals surface area contributed by atoms with E-state index in [1.54, 1.807) is 7.11 Å². The van der Waals surface area contributed by atoms with E-state index in [1.807, 2.05) is 20.9 Å². The molecule has 1 aliphatic rings. The fraction of sp³-hybridized carbons (Fsp3) is 0.933. The summed E-state index contributed by atoms with van der Waals surface area (Å²) < 4.78 is 11.0. The molecular weight excluding hydrogens is 256 g/mol. The van der Waals surface area contributed by atoms with Crippen LogP contribution in [-0.2, 0) is 14.3 Å². The van der Waals surface area contributed by atoms with Gasteiger partial charge in [0, 0.05) is 20.3 Å². The Morgan fingerprint density at radius 1 is 1.45 bits per heavy atom. The van der Waals surface area contributed by atoms with E-state index in [4.69, 9.17) is 15.2 Å². The minimum Gasteiger partial charge on any atom is -0.381 e. The van der Waals surface area contributed by atoms with Crippen LogP contribution in [0.1, 0.15) is 46.0 Å². The van der Waals surface area contributed by atoms with E-state index in [0.717, 1.165) is 32.1 Å². The third-order valence-corrected chi connectivity index (χ3v) is 4.72. The lowest BCUT2D eigenvalue weighted by Gasteiger charge is -2.32. The van der Waals surface area contributed by atoms with Gasteiger partial charge in [0.15, 0.2) is 0 Å². The summed E-state index contributed by atoms with van der Waals surface area (Å²) in [5, 5.41) is 3.15. The average molecular weight is 286 g/mol. The third kappa shape index (κ3) is 4.17. The van der Waals surface area contributed by atoms with Crippen LogP contribution < -0.4 is 11.1 Å². The Kier molecular flexibility index (Phi) is 6.43. The molecule has 20 heavy (non-hydrogen) atoms. The van der Waals surface area contributed by atoms with Crippen molar-refractivity contribution in [1.29, 1.82) is 0 Å². The number of likely N-dealkylation sites (N-methyl/N-ethyl adjacent to an activating group) is 1. The second-order valence-electron chi connectivity index (χ2n) is 6.29. The van der Waals surface area contributed by atoms with Gasteiger partial charge < -0.3 is 20.5 Å². The minimum atomic E-state index is -0.533. The molecule has 5 heteroatoms. The second kappa shape index (κ2) is 7.38. The number of nitrogens with two attached hydrogens (primary N) is 1. The van der Waals surface area contributed by atoms with E-state index in [2.05, 4.69) is 5.32 Å². The Bertz CT molecular complexity index is 320. The largest absolute Gasteiger partial charge is 0.381 e. The van der Waals surface area contributed by atoms with Gasteiger partial charge in [0.2, 0.25) is 5.91 Å². The number of nitrogens with one attached hydrogen (secondary N) is 1. The Balaban J connectivity index is 2.33. The lowest BCUT2D eigenvalue weighted by Crippen LogP contribution is -2.56. The molecule has 1 saturated carbocycles. The number of carbonyl (C=O) groups excluding carboxylic acids is 1. The van der Waals surface area contributed by atoms with Crippen LogP contribution in [0.3, 0.4) is 0 Å². The summed E-state index contributed by atoms with van der Waals surface area (Å²) in [7, 11) is 3.54. The molecule has 1 rings (SSSR count). The van der Waals surface area contributed by atoms with E-state index < -0.39 is 5.54 Å². The summed E-state index contributed by atoms with van der Waals surface area (Å²) in [6.45, 7) is 5.44. The van der Waals surface area contributed by atoms with Gasteiger partial charge in [0.25, 0.3) is 0 Å². The summed E-state index contributed by atoms with van der Waals surface area (Å²) in [6.07, 6.45) is 4.65. The van der Waals surface area contributed by atoms with Crippen LogP contribution in [0.15, 0.2) is 0 Å². The molecule has 118 valence electrons. The van der Waals surface area contributed by atoms with Crippen molar-refractivity contribution in [3.63, 3.8) is 0 Å². The summed E-state index contributed by atoms with van der Waals surface area (Å²) in [5.41, 5.74) is 4.90. The summed E-state index contributed by atoms with van der Waals surface area (Å²) in [5.74, 6) is 0.0449. The zero-order valence-corrected chi connectivity index (χ0v) is 13.3. The van der Waals surface area contributed by atoms with Crippen molar-refractivity contribution in [2.45, 2.75) is 57.1 Å². The van der Waals surface area contributed by atoms with Gasteiger partial charge in [-0.25, -0.2) is 0 Å². The third-order valence-electron chi connectivity index (χ3n) is 4.72. The predicted octanol–water partition coefficient (Wildman–Crippen LogP) is 1.45. The van der Waals surface area contributed by atoms with E-state index in [9.17, 15) is 4.79 Å². The highest BCUT2D eigenvalue weighted by molar-refractivity contribution is 5.85. The van der Waals surface area contributed by atoms with Crippen LogP contribution in [0.4, 0.5) is 0 Å². The topological polar surface area (TPSA) is 73.6 Å². The molecule has 0 aliphatic heterocycles. The maximum Gasteiger partial charge on any atom is 0.238 e. The van der Waals surface area contributed by atoms with E-state index in [1.165, 1.54) is 0 Å². The van der Waals surface area contributed by atoms with Crippen LogP contribution in [0.2, 0.25) is 0 Å². The van der Waals surface area contributed by atoms with Gasteiger partial charge in [0.05, 0.1) is 5.60 Å². The molecule has 0 saturated heterocycles. The van der Waals surface area contributed by atoms with Gasteiger partial charge in [-0.15, -0.1) is 0 Å². The quantitative estimate of drug-likeness (QED) is 0.629. The molecule has 0 aromatic carbocycles. The molecule has 0 radical (unpaired) electrons. The zero-order valence-electron chi connectivity index (χ0n) is 13.3. The standard InChI is InChI=1S/C15H30N2O3/c1-14(2,19-4)9-11-20-10-7-12-6-5-8-15(12,17-3)13(16)18/h12,17H,5-11H2,1-4H3,(H2,16,18). The average Bonchev–Trinajstić information content (AvgIpc) is 2.82.